The molecule has 22 heavy (non-hydrogen) atoms. The summed E-state index contributed by atoms with van der Waals surface area (Å²) in [4.78, 5) is 0.413. The van der Waals surface area contributed by atoms with Crippen molar-refractivity contribution >= 4 is 10.0 Å². The van der Waals surface area contributed by atoms with Crippen LogP contribution in [-0.4, -0.2) is 25.8 Å². The number of rotatable bonds is 5. The van der Waals surface area contributed by atoms with Crippen molar-refractivity contribution in [2.24, 2.45) is 0 Å². The van der Waals surface area contributed by atoms with Crippen LogP contribution in [0.4, 0.5) is 0 Å². The lowest BCUT2D eigenvalue weighted by molar-refractivity contribution is 0.286. The van der Waals surface area contributed by atoms with Crippen molar-refractivity contribution in [2.45, 2.75) is 75.6 Å². The lowest BCUT2D eigenvalue weighted by atomic mass is 9.82. The summed E-state index contributed by atoms with van der Waals surface area (Å²) in [7, 11) is -1.64. The van der Waals surface area contributed by atoms with Crippen LogP contribution in [0.15, 0.2) is 29.2 Å². The second-order valence-electron chi connectivity index (χ2n) is 7.07. The van der Waals surface area contributed by atoms with E-state index in [9.17, 15) is 8.42 Å². The van der Waals surface area contributed by atoms with E-state index in [0.717, 1.165) is 32.1 Å². The molecular weight excluding hydrogens is 294 g/mol. The first-order valence-corrected chi connectivity index (χ1v) is 9.81. The summed E-state index contributed by atoms with van der Waals surface area (Å²) in [6, 6.07) is 7.62. The third-order valence-electron chi connectivity index (χ3n) is 5.29. The third kappa shape index (κ3) is 3.54. The Labute approximate surface area is 135 Å². The van der Waals surface area contributed by atoms with Gasteiger partial charge in [-0.1, -0.05) is 52.2 Å². The third-order valence-corrected chi connectivity index (χ3v) is 7.21. The van der Waals surface area contributed by atoms with Gasteiger partial charge in [-0.25, -0.2) is 8.42 Å². The molecule has 0 bridgehead atoms. The van der Waals surface area contributed by atoms with Crippen molar-refractivity contribution in [3.05, 3.63) is 29.8 Å². The summed E-state index contributed by atoms with van der Waals surface area (Å²) in [6.45, 7) is 6.52. The maximum atomic E-state index is 12.8. The van der Waals surface area contributed by atoms with Gasteiger partial charge < -0.3 is 0 Å². The highest BCUT2D eigenvalue weighted by Crippen LogP contribution is 2.30. The molecule has 2 rings (SSSR count). The lowest BCUT2D eigenvalue weighted by Gasteiger charge is -2.30. The lowest BCUT2D eigenvalue weighted by Crippen LogP contribution is -2.38. The summed E-state index contributed by atoms with van der Waals surface area (Å²) in [5, 5.41) is 0. The van der Waals surface area contributed by atoms with Gasteiger partial charge in [0.25, 0.3) is 0 Å². The Morgan fingerprint density at radius 3 is 2.14 bits per heavy atom. The summed E-state index contributed by atoms with van der Waals surface area (Å²) in [5.74, 6) is 0. The highest BCUT2D eigenvalue weighted by Gasteiger charge is 2.29. The molecule has 3 nitrogen and oxygen atoms in total. The Balaban J connectivity index is 2.22. The Morgan fingerprint density at radius 1 is 1.09 bits per heavy atom. The molecule has 0 atom stereocenters. The van der Waals surface area contributed by atoms with Crippen LogP contribution in [0, 0.1) is 0 Å². The van der Waals surface area contributed by atoms with Crippen molar-refractivity contribution in [1.29, 1.82) is 0 Å². The molecule has 0 amide bonds. The van der Waals surface area contributed by atoms with Gasteiger partial charge in [0.2, 0.25) is 10.0 Å². The van der Waals surface area contributed by atoms with Crippen molar-refractivity contribution in [3.8, 4) is 0 Å². The average Bonchev–Trinajstić information content (AvgIpc) is 2.55. The largest absolute Gasteiger partial charge is 0.243 e. The van der Waals surface area contributed by atoms with E-state index in [1.807, 2.05) is 12.1 Å². The van der Waals surface area contributed by atoms with Crippen LogP contribution in [-0.2, 0) is 15.4 Å². The van der Waals surface area contributed by atoms with Crippen molar-refractivity contribution in [2.75, 3.05) is 7.05 Å². The molecule has 0 radical (unpaired) electrons. The Hall–Kier alpha value is -0.870. The number of nitrogens with zero attached hydrogens (tertiary/aromatic N) is 1. The van der Waals surface area contributed by atoms with Gasteiger partial charge in [-0.15, -0.1) is 0 Å². The van der Waals surface area contributed by atoms with Crippen LogP contribution < -0.4 is 0 Å². The van der Waals surface area contributed by atoms with Gasteiger partial charge in [0, 0.05) is 13.1 Å². The van der Waals surface area contributed by atoms with Crippen LogP contribution in [0.1, 0.15) is 64.9 Å². The second kappa shape index (κ2) is 6.71. The molecule has 4 heteroatoms. The highest BCUT2D eigenvalue weighted by molar-refractivity contribution is 7.89. The number of hydrogen-bond donors (Lipinski definition) is 0. The van der Waals surface area contributed by atoms with E-state index in [2.05, 4.69) is 20.8 Å². The zero-order valence-corrected chi connectivity index (χ0v) is 15.1. The van der Waals surface area contributed by atoms with Crippen LogP contribution in [0.3, 0.4) is 0 Å². The standard InChI is InChI=1S/C18H29NO2S/c1-5-18(2,3)15-11-13-17(14-12-15)22(20,21)19(4)16-9-7-6-8-10-16/h11-14,16H,5-10H2,1-4H3. The van der Waals surface area contributed by atoms with E-state index in [0.29, 0.717) is 4.90 Å². The summed E-state index contributed by atoms with van der Waals surface area (Å²) in [5.41, 5.74) is 1.27. The van der Waals surface area contributed by atoms with E-state index in [1.165, 1.54) is 12.0 Å². The fourth-order valence-corrected chi connectivity index (χ4v) is 4.51. The van der Waals surface area contributed by atoms with E-state index in [4.69, 9.17) is 0 Å². The first-order valence-electron chi connectivity index (χ1n) is 8.37. The molecule has 0 saturated heterocycles. The molecule has 124 valence electrons. The highest BCUT2D eigenvalue weighted by atomic mass is 32.2. The van der Waals surface area contributed by atoms with E-state index >= 15 is 0 Å². The van der Waals surface area contributed by atoms with E-state index in [-0.39, 0.29) is 11.5 Å². The zero-order chi connectivity index (χ0) is 16.4. The van der Waals surface area contributed by atoms with Crippen LogP contribution in [0.2, 0.25) is 0 Å². The quantitative estimate of drug-likeness (QED) is 0.809. The molecule has 1 saturated carbocycles. The molecule has 1 aliphatic carbocycles. The molecule has 0 aromatic heterocycles. The molecule has 0 spiro atoms. The van der Waals surface area contributed by atoms with Gasteiger partial charge in [-0.3, -0.25) is 0 Å². The Kier molecular flexibility index (Phi) is 5.33. The average molecular weight is 324 g/mol. The molecular formula is C18H29NO2S. The summed E-state index contributed by atoms with van der Waals surface area (Å²) in [6.07, 6.45) is 6.49. The first-order chi connectivity index (χ1) is 10.3. The normalized spacial score (nSPS) is 17.9. The molecule has 1 aromatic rings. The molecule has 1 fully saturated rings. The second-order valence-corrected chi connectivity index (χ2v) is 9.07. The minimum Gasteiger partial charge on any atom is -0.207 e. The van der Waals surface area contributed by atoms with Gasteiger partial charge >= 0.3 is 0 Å². The predicted molar refractivity (Wildman–Crippen MR) is 91.6 cm³/mol. The zero-order valence-electron chi connectivity index (χ0n) is 14.3. The van der Waals surface area contributed by atoms with Crippen molar-refractivity contribution < 1.29 is 8.42 Å². The smallest absolute Gasteiger partial charge is 0.207 e. The number of sulfonamides is 1. The van der Waals surface area contributed by atoms with Crippen molar-refractivity contribution in [1.82, 2.24) is 4.31 Å². The van der Waals surface area contributed by atoms with Gasteiger partial charge in [0.15, 0.2) is 0 Å². The van der Waals surface area contributed by atoms with Crippen LogP contribution in [0.5, 0.6) is 0 Å². The number of benzene rings is 1. The fraction of sp³-hybridized carbons (Fsp3) is 0.667. The molecule has 0 N–H and O–H groups in total. The molecule has 0 aliphatic heterocycles. The fourth-order valence-electron chi connectivity index (χ4n) is 3.09. The van der Waals surface area contributed by atoms with E-state index < -0.39 is 10.0 Å². The maximum Gasteiger partial charge on any atom is 0.243 e. The van der Waals surface area contributed by atoms with Crippen LogP contribution in [0.25, 0.3) is 0 Å². The Bertz CT molecular complexity index is 584. The SMILES string of the molecule is CCC(C)(C)c1ccc(S(=O)(=O)N(C)C2CCCCC2)cc1. The van der Waals surface area contributed by atoms with Gasteiger partial charge in [0.05, 0.1) is 4.90 Å². The summed E-state index contributed by atoms with van der Waals surface area (Å²) < 4.78 is 27.2. The topological polar surface area (TPSA) is 37.4 Å². The van der Waals surface area contributed by atoms with Crippen LogP contribution >= 0.6 is 0 Å². The maximum absolute atomic E-state index is 12.8. The van der Waals surface area contributed by atoms with Crippen molar-refractivity contribution in [3.63, 3.8) is 0 Å². The predicted octanol–water partition coefficient (Wildman–Crippen LogP) is 4.33. The minimum absolute atomic E-state index is 0.0809. The summed E-state index contributed by atoms with van der Waals surface area (Å²) >= 11 is 0. The van der Waals surface area contributed by atoms with Gasteiger partial charge in [-0.05, 0) is 42.4 Å². The van der Waals surface area contributed by atoms with Gasteiger partial charge in [-0.2, -0.15) is 4.31 Å². The van der Waals surface area contributed by atoms with E-state index in [1.54, 1.807) is 23.5 Å². The molecule has 1 aliphatic rings. The molecule has 0 heterocycles. The number of hydrogen-bond acceptors (Lipinski definition) is 2. The monoisotopic (exact) mass is 323 g/mol. The molecule has 1 aromatic carbocycles. The molecule has 0 unspecified atom stereocenters. The Morgan fingerprint density at radius 2 is 1.64 bits per heavy atom. The first kappa shape index (κ1) is 17.5. The minimum atomic E-state index is -3.37. The van der Waals surface area contributed by atoms with Gasteiger partial charge in [0.1, 0.15) is 0 Å².